The van der Waals surface area contributed by atoms with Gasteiger partial charge in [0.05, 0.1) is 16.8 Å². The number of benzene rings is 1. The second-order valence-corrected chi connectivity index (χ2v) is 10.1. The Hall–Kier alpha value is -3.86. The first-order valence-electron chi connectivity index (χ1n) is 10.3. The molecule has 3 heterocycles. The zero-order valence-corrected chi connectivity index (χ0v) is 19.0. The zero-order chi connectivity index (χ0) is 25.5. The molecule has 4 rings (SSSR count). The maximum absolute atomic E-state index is 13.8. The summed E-state index contributed by atoms with van der Waals surface area (Å²) in [6.07, 6.45) is -2.03. The molecule has 1 atom stereocenters. The molecule has 1 fully saturated rings. The third-order valence-electron chi connectivity index (χ3n) is 5.67. The minimum Gasteiger partial charge on any atom is -0.465 e. The monoisotopic (exact) mass is 508 g/mol. The molecular weight excluding hydrogens is 489 g/mol. The Bertz CT molecular complexity index is 1460. The van der Waals surface area contributed by atoms with Gasteiger partial charge in [0.1, 0.15) is 16.5 Å². The van der Waals surface area contributed by atoms with Crippen LogP contribution in [0.2, 0.25) is 0 Å². The number of halogens is 3. The summed E-state index contributed by atoms with van der Waals surface area (Å²) < 4.78 is 66.1. The van der Waals surface area contributed by atoms with Crippen molar-refractivity contribution in [2.75, 3.05) is 24.7 Å². The van der Waals surface area contributed by atoms with Crippen molar-refractivity contribution < 1.29 is 31.5 Å². The second kappa shape index (κ2) is 8.73. The van der Waals surface area contributed by atoms with Crippen LogP contribution in [0.4, 0.5) is 23.9 Å². The average Bonchev–Trinajstić information content (AvgIpc) is 3.20. The van der Waals surface area contributed by atoms with Gasteiger partial charge in [-0.05, 0) is 18.9 Å². The van der Waals surface area contributed by atoms with E-state index in [0.717, 1.165) is 6.26 Å². The van der Waals surface area contributed by atoms with Crippen molar-refractivity contribution in [1.82, 2.24) is 19.9 Å². The van der Waals surface area contributed by atoms with Gasteiger partial charge in [-0.15, -0.1) is 0 Å². The van der Waals surface area contributed by atoms with E-state index in [2.05, 4.69) is 20.3 Å². The molecular formula is C21H19F3N6O4S. The zero-order valence-electron chi connectivity index (χ0n) is 18.2. The summed E-state index contributed by atoms with van der Waals surface area (Å²) in [5.41, 5.74) is -1.80. The molecule has 14 heteroatoms. The summed E-state index contributed by atoms with van der Waals surface area (Å²) in [6, 6.07) is 3.97. The number of likely N-dealkylation sites (tertiary alicyclic amines) is 1. The van der Waals surface area contributed by atoms with Gasteiger partial charge in [-0.25, -0.2) is 23.2 Å². The van der Waals surface area contributed by atoms with Gasteiger partial charge in [0.2, 0.25) is 5.95 Å². The molecule has 0 bridgehead atoms. The topological polar surface area (TPSA) is 152 Å². The molecule has 0 saturated carbocycles. The number of nitriles is 1. The molecule has 1 amide bonds. The molecule has 3 N–H and O–H groups in total. The van der Waals surface area contributed by atoms with E-state index in [1.165, 1.54) is 23.2 Å². The standard InChI is InChI=1S/C21H19F3N6O4S/c1-35(33,34)18-11(7-25)4-5-13-14(8-26-17(13)18)16-15(21(22,23)24)9-27-19(29-16)28-12-3-2-6-30(10-12)20(31)32/h4-5,8-9,12,26H,2-3,6,10H2,1H3,(H,31,32)(H,27,28,29)/t12-/m0/s1. The number of anilines is 1. The molecule has 1 saturated heterocycles. The summed E-state index contributed by atoms with van der Waals surface area (Å²) in [6.45, 7) is 0.478. The number of nitrogens with zero attached hydrogens (tertiary/aromatic N) is 4. The van der Waals surface area contributed by atoms with E-state index in [4.69, 9.17) is 0 Å². The van der Waals surface area contributed by atoms with Crippen LogP contribution in [-0.4, -0.2) is 64.9 Å². The van der Waals surface area contributed by atoms with Gasteiger partial charge in [-0.1, -0.05) is 6.07 Å². The molecule has 35 heavy (non-hydrogen) atoms. The minimum absolute atomic E-state index is 0.00724. The molecule has 3 aromatic rings. The largest absolute Gasteiger partial charge is 0.465 e. The van der Waals surface area contributed by atoms with Crippen LogP contribution in [0, 0.1) is 11.3 Å². The average molecular weight is 508 g/mol. The van der Waals surface area contributed by atoms with Crippen LogP contribution in [0.15, 0.2) is 29.4 Å². The molecule has 0 radical (unpaired) electrons. The number of rotatable bonds is 4. The predicted molar refractivity (Wildman–Crippen MR) is 118 cm³/mol. The Balaban J connectivity index is 1.83. The third kappa shape index (κ3) is 4.72. The molecule has 0 spiro atoms. The number of carbonyl (C=O) groups is 1. The van der Waals surface area contributed by atoms with Crippen molar-refractivity contribution in [3.05, 3.63) is 35.7 Å². The molecule has 10 nitrogen and oxygen atoms in total. The Kier molecular flexibility index (Phi) is 6.05. The number of amides is 1. The first-order valence-corrected chi connectivity index (χ1v) is 12.2. The Labute approximate surface area is 197 Å². The number of H-pyrrole nitrogens is 1. The summed E-state index contributed by atoms with van der Waals surface area (Å²) in [4.78, 5) is 22.7. The van der Waals surface area contributed by atoms with Crippen LogP contribution in [0.5, 0.6) is 0 Å². The van der Waals surface area contributed by atoms with E-state index in [0.29, 0.717) is 25.6 Å². The Morgan fingerprint density at radius 2 is 2.11 bits per heavy atom. The number of hydrogen-bond acceptors (Lipinski definition) is 7. The number of aromatic amines is 1. The van der Waals surface area contributed by atoms with Gasteiger partial charge in [0.15, 0.2) is 9.84 Å². The highest BCUT2D eigenvalue weighted by atomic mass is 32.2. The van der Waals surface area contributed by atoms with Crippen LogP contribution in [-0.2, 0) is 16.0 Å². The number of hydrogen-bond donors (Lipinski definition) is 3. The second-order valence-electron chi connectivity index (χ2n) is 8.12. The number of fused-ring (bicyclic) bond motifs is 1. The lowest BCUT2D eigenvalue weighted by Crippen LogP contribution is -2.44. The fourth-order valence-electron chi connectivity index (χ4n) is 4.16. The lowest BCUT2D eigenvalue weighted by Gasteiger charge is -2.31. The molecule has 184 valence electrons. The molecule has 2 aromatic heterocycles. The van der Waals surface area contributed by atoms with Crippen molar-refractivity contribution in [3.63, 3.8) is 0 Å². The lowest BCUT2D eigenvalue weighted by molar-refractivity contribution is -0.137. The molecule has 0 aliphatic carbocycles. The smallest absolute Gasteiger partial charge is 0.419 e. The van der Waals surface area contributed by atoms with Gasteiger partial charge in [-0.2, -0.15) is 18.4 Å². The quantitative estimate of drug-likeness (QED) is 0.484. The number of alkyl halides is 3. The highest BCUT2D eigenvalue weighted by Gasteiger charge is 2.36. The van der Waals surface area contributed by atoms with Crippen molar-refractivity contribution in [1.29, 1.82) is 5.26 Å². The third-order valence-corrected chi connectivity index (χ3v) is 6.84. The highest BCUT2D eigenvalue weighted by molar-refractivity contribution is 7.91. The molecule has 0 unspecified atom stereocenters. The summed E-state index contributed by atoms with van der Waals surface area (Å²) in [5, 5.41) is 21.6. The summed E-state index contributed by atoms with van der Waals surface area (Å²) in [5.74, 6) is -0.128. The minimum atomic E-state index is -4.81. The van der Waals surface area contributed by atoms with E-state index >= 15 is 0 Å². The summed E-state index contributed by atoms with van der Waals surface area (Å²) >= 11 is 0. The van der Waals surface area contributed by atoms with E-state index in [-0.39, 0.29) is 39.4 Å². The van der Waals surface area contributed by atoms with Gasteiger partial charge < -0.3 is 20.3 Å². The number of piperidine rings is 1. The number of sulfone groups is 1. The SMILES string of the molecule is CS(=O)(=O)c1c(C#N)ccc2c(-c3nc(N[C@H]4CCCN(C(=O)O)C4)ncc3C(F)(F)F)c[nH]c12. The van der Waals surface area contributed by atoms with Crippen LogP contribution < -0.4 is 5.32 Å². The van der Waals surface area contributed by atoms with Crippen molar-refractivity contribution in [3.8, 4) is 17.3 Å². The normalized spacial score (nSPS) is 16.8. The first-order chi connectivity index (χ1) is 16.4. The van der Waals surface area contributed by atoms with Crippen molar-refractivity contribution >= 4 is 32.8 Å². The van der Waals surface area contributed by atoms with E-state index < -0.39 is 39.4 Å². The maximum atomic E-state index is 13.8. The van der Waals surface area contributed by atoms with Gasteiger partial charge in [0, 0.05) is 48.7 Å². The molecule has 1 aliphatic heterocycles. The van der Waals surface area contributed by atoms with Crippen LogP contribution in [0.25, 0.3) is 22.2 Å². The van der Waals surface area contributed by atoms with Crippen LogP contribution >= 0.6 is 0 Å². The Morgan fingerprint density at radius 3 is 2.74 bits per heavy atom. The fourth-order valence-corrected chi connectivity index (χ4v) is 5.21. The maximum Gasteiger partial charge on any atom is 0.419 e. The molecule has 1 aromatic carbocycles. The van der Waals surface area contributed by atoms with Crippen LogP contribution in [0.1, 0.15) is 24.0 Å². The highest BCUT2D eigenvalue weighted by Crippen LogP contribution is 2.40. The van der Waals surface area contributed by atoms with Crippen molar-refractivity contribution in [2.45, 2.75) is 30.0 Å². The number of aromatic nitrogens is 3. The number of nitrogens with one attached hydrogen (secondary N) is 2. The van der Waals surface area contributed by atoms with Gasteiger partial charge in [-0.3, -0.25) is 0 Å². The summed E-state index contributed by atoms with van der Waals surface area (Å²) in [7, 11) is -3.89. The van der Waals surface area contributed by atoms with Crippen molar-refractivity contribution in [2.24, 2.45) is 0 Å². The van der Waals surface area contributed by atoms with Gasteiger partial charge in [0.25, 0.3) is 0 Å². The van der Waals surface area contributed by atoms with Crippen LogP contribution in [0.3, 0.4) is 0 Å². The lowest BCUT2D eigenvalue weighted by atomic mass is 10.0. The van der Waals surface area contributed by atoms with E-state index in [1.807, 2.05) is 0 Å². The predicted octanol–water partition coefficient (Wildman–Crippen LogP) is 3.47. The first kappa shape index (κ1) is 24.3. The fraction of sp³-hybridized carbons (Fsp3) is 0.333. The van der Waals surface area contributed by atoms with Gasteiger partial charge >= 0.3 is 12.3 Å². The molecule has 1 aliphatic rings. The number of carboxylic acid groups (broad SMARTS) is 1. The van der Waals surface area contributed by atoms with E-state index in [9.17, 15) is 36.8 Å². The Morgan fingerprint density at radius 1 is 1.37 bits per heavy atom. The van der Waals surface area contributed by atoms with E-state index in [1.54, 1.807) is 6.07 Å².